The average molecular weight is 254 g/mol. The van der Waals surface area contributed by atoms with Gasteiger partial charge in [-0.05, 0) is 6.07 Å². The molecule has 0 saturated heterocycles. The van der Waals surface area contributed by atoms with Crippen molar-refractivity contribution in [3.05, 3.63) is 29.6 Å². The molecule has 0 aliphatic rings. The van der Waals surface area contributed by atoms with Gasteiger partial charge in [-0.25, -0.2) is 4.79 Å². The molecule has 0 atom stereocenters. The van der Waals surface area contributed by atoms with Gasteiger partial charge in [0.15, 0.2) is 0 Å². The highest BCUT2D eigenvalue weighted by molar-refractivity contribution is 9.09. The third kappa shape index (κ3) is 2.86. The lowest BCUT2D eigenvalue weighted by atomic mass is 10.1. The summed E-state index contributed by atoms with van der Waals surface area (Å²) in [7, 11) is 0. The highest BCUT2D eigenvalue weighted by atomic mass is 79.9. The first-order chi connectivity index (χ1) is 6.75. The zero-order valence-corrected chi connectivity index (χ0v) is 8.91. The van der Waals surface area contributed by atoms with Gasteiger partial charge in [0.25, 0.3) is 0 Å². The molecule has 0 aromatic carbocycles. The van der Waals surface area contributed by atoms with Gasteiger partial charge < -0.3 is 5.11 Å². The van der Waals surface area contributed by atoms with Crippen LogP contribution in [0.1, 0.15) is 22.3 Å². The minimum absolute atomic E-state index is 0.196. The Morgan fingerprint density at radius 1 is 1.64 bits per heavy atom. The second-order valence-corrected chi connectivity index (χ2v) is 3.26. The number of carbonyl (C=O) groups is 1. The van der Waals surface area contributed by atoms with Crippen LogP contribution in [-0.4, -0.2) is 21.4 Å². The Hall–Kier alpha value is -1.34. The van der Waals surface area contributed by atoms with Crippen molar-refractivity contribution in [3.8, 4) is 11.8 Å². The van der Waals surface area contributed by atoms with E-state index in [1.807, 2.05) is 0 Å². The predicted molar refractivity (Wildman–Crippen MR) is 56.5 cm³/mol. The molecule has 0 unspecified atom stereocenters. The third-order valence-corrected chi connectivity index (χ3v) is 1.89. The van der Waals surface area contributed by atoms with E-state index in [0.29, 0.717) is 12.0 Å². The molecule has 14 heavy (non-hydrogen) atoms. The van der Waals surface area contributed by atoms with Gasteiger partial charge in [-0.1, -0.05) is 27.8 Å². The average Bonchev–Trinajstić information content (AvgIpc) is 2.19. The van der Waals surface area contributed by atoms with Crippen molar-refractivity contribution >= 4 is 21.9 Å². The quantitative estimate of drug-likeness (QED) is 0.647. The molecule has 0 spiro atoms. The Labute approximate surface area is 90.3 Å². The number of carboxylic acids is 1. The first-order valence-corrected chi connectivity index (χ1v) is 5.10. The summed E-state index contributed by atoms with van der Waals surface area (Å²) in [5.74, 6) is 4.64. The highest BCUT2D eigenvalue weighted by Crippen LogP contribution is 2.04. The molecule has 1 N–H and O–H groups in total. The fraction of sp³-hybridized carbons (Fsp3) is 0.200. The zero-order valence-electron chi connectivity index (χ0n) is 7.33. The maximum absolute atomic E-state index is 10.7. The van der Waals surface area contributed by atoms with Crippen LogP contribution in [0.15, 0.2) is 18.5 Å². The standard InChI is InChI=1S/C10H8BrNO2/c11-5-2-1-3-8-7-12-6-4-9(8)10(13)14/h4,6-7H,2,5H2,(H,13,14). The molecule has 3 nitrogen and oxygen atoms in total. The maximum Gasteiger partial charge on any atom is 0.337 e. The lowest BCUT2D eigenvalue weighted by molar-refractivity contribution is 0.0696. The van der Waals surface area contributed by atoms with Gasteiger partial charge in [0.1, 0.15) is 0 Å². The molecule has 1 aromatic heterocycles. The second kappa shape index (κ2) is 5.40. The predicted octanol–water partition coefficient (Wildman–Crippen LogP) is 1.92. The zero-order chi connectivity index (χ0) is 10.4. The minimum atomic E-state index is -0.976. The maximum atomic E-state index is 10.7. The largest absolute Gasteiger partial charge is 0.478 e. The molecule has 0 aliphatic carbocycles. The SMILES string of the molecule is O=C(O)c1ccncc1C#CCCBr. The number of alkyl halides is 1. The fourth-order valence-electron chi connectivity index (χ4n) is 0.886. The second-order valence-electron chi connectivity index (χ2n) is 2.47. The Morgan fingerprint density at radius 2 is 2.43 bits per heavy atom. The van der Waals surface area contributed by atoms with Crippen LogP contribution in [0.5, 0.6) is 0 Å². The lowest BCUT2D eigenvalue weighted by Crippen LogP contribution is -2.00. The van der Waals surface area contributed by atoms with E-state index < -0.39 is 5.97 Å². The lowest BCUT2D eigenvalue weighted by Gasteiger charge is -1.95. The number of aromatic carboxylic acids is 1. The van der Waals surface area contributed by atoms with Crippen molar-refractivity contribution in [2.24, 2.45) is 0 Å². The first kappa shape index (κ1) is 10.7. The Kier molecular flexibility index (Phi) is 4.14. The molecule has 4 heteroatoms. The van der Waals surface area contributed by atoms with Crippen LogP contribution in [0.2, 0.25) is 0 Å². The molecule has 0 fully saturated rings. The van der Waals surface area contributed by atoms with Crippen molar-refractivity contribution in [2.45, 2.75) is 6.42 Å². The normalized spacial score (nSPS) is 8.93. The summed E-state index contributed by atoms with van der Waals surface area (Å²) in [4.78, 5) is 14.6. The van der Waals surface area contributed by atoms with Crippen LogP contribution in [-0.2, 0) is 0 Å². The minimum Gasteiger partial charge on any atom is -0.478 e. The topological polar surface area (TPSA) is 50.2 Å². The van der Waals surface area contributed by atoms with Crippen molar-refractivity contribution in [1.82, 2.24) is 4.98 Å². The van der Waals surface area contributed by atoms with Gasteiger partial charge in [0, 0.05) is 24.1 Å². The first-order valence-electron chi connectivity index (χ1n) is 3.98. The molecule has 1 heterocycles. The van der Waals surface area contributed by atoms with Gasteiger partial charge in [-0.2, -0.15) is 0 Å². The van der Waals surface area contributed by atoms with Crippen LogP contribution < -0.4 is 0 Å². The van der Waals surface area contributed by atoms with Crippen molar-refractivity contribution in [3.63, 3.8) is 0 Å². The van der Waals surface area contributed by atoms with Gasteiger partial charge in [-0.15, -0.1) is 0 Å². The monoisotopic (exact) mass is 253 g/mol. The van der Waals surface area contributed by atoms with Gasteiger partial charge in [-0.3, -0.25) is 4.98 Å². The molecule has 1 aromatic rings. The van der Waals surface area contributed by atoms with Crippen molar-refractivity contribution in [1.29, 1.82) is 0 Å². The number of hydrogen-bond donors (Lipinski definition) is 1. The van der Waals surface area contributed by atoms with E-state index in [2.05, 4.69) is 32.8 Å². The smallest absolute Gasteiger partial charge is 0.337 e. The summed E-state index contributed by atoms with van der Waals surface area (Å²) in [5.41, 5.74) is 0.656. The third-order valence-electron chi connectivity index (χ3n) is 1.49. The number of pyridine rings is 1. The van der Waals surface area contributed by atoms with Crippen LogP contribution in [0, 0.1) is 11.8 Å². The van der Waals surface area contributed by atoms with E-state index in [1.54, 1.807) is 0 Å². The Morgan fingerprint density at radius 3 is 3.07 bits per heavy atom. The molecule has 72 valence electrons. The van der Waals surface area contributed by atoms with Crippen molar-refractivity contribution < 1.29 is 9.90 Å². The number of rotatable bonds is 2. The van der Waals surface area contributed by atoms with Gasteiger partial charge in [0.05, 0.1) is 11.1 Å². The Balaban J connectivity index is 2.97. The number of aromatic nitrogens is 1. The Bertz CT molecular complexity index is 393. The molecule has 1 rings (SSSR count). The van der Waals surface area contributed by atoms with Gasteiger partial charge >= 0.3 is 5.97 Å². The molecular weight excluding hydrogens is 246 g/mol. The molecule has 0 aliphatic heterocycles. The summed E-state index contributed by atoms with van der Waals surface area (Å²) >= 11 is 3.24. The fourth-order valence-corrected chi connectivity index (χ4v) is 1.08. The van der Waals surface area contributed by atoms with E-state index in [1.165, 1.54) is 18.5 Å². The molecule has 0 radical (unpaired) electrons. The number of halogens is 1. The van der Waals surface area contributed by atoms with E-state index >= 15 is 0 Å². The molecule has 0 amide bonds. The summed E-state index contributed by atoms with van der Waals surface area (Å²) in [6.45, 7) is 0. The highest BCUT2D eigenvalue weighted by Gasteiger charge is 2.06. The van der Waals surface area contributed by atoms with E-state index in [9.17, 15) is 4.79 Å². The van der Waals surface area contributed by atoms with Crippen LogP contribution >= 0.6 is 15.9 Å². The summed E-state index contributed by atoms with van der Waals surface area (Å²) in [5, 5.41) is 9.60. The molecular formula is C10H8BrNO2. The van der Waals surface area contributed by atoms with E-state index in [0.717, 1.165) is 5.33 Å². The molecule has 0 saturated carbocycles. The van der Waals surface area contributed by atoms with Crippen LogP contribution in [0.4, 0.5) is 0 Å². The summed E-state index contributed by atoms with van der Waals surface area (Å²) in [6, 6.07) is 1.44. The van der Waals surface area contributed by atoms with E-state index in [4.69, 9.17) is 5.11 Å². The summed E-state index contributed by atoms with van der Waals surface area (Å²) in [6.07, 6.45) is 3.59. The van der Waals surface area contributed by atoms with Crippen molar-refractivity contribution in [2.75, 3.05) is 5.33 Å². The number of nitrogens with zero attached hydrogens (tertiary/aromatic N) is 1. The summed E-state index contributed by atoms with van der Waals surface area (Å²) < 4.78 is 0. The van der Waals surface area contributed by atoms with E-state index in [-0.39, 0.29) is 5.56 Å². The number of hydrogen-bond acceptors (Lipinski definition) is 2. The van der Waals surface area contributed by atoms with Crippen LogP contribution in [0.3, 0.4) is 0 Å². The van der Waals surface area contributed by atoms with Gasteiger partial charge in [0.2, 0.25) is 0 Å². The van der Waals surface area contributed by atoms with Crippen LogP contribution in [0.25, 0.3) is 0 Å². The number of carboxylic acid groups (broad SMARTS) is 1. The molecule has 0 bridgehead atoms.